The molecule has 0 aromatic carbocycles. The number of hydrogen-bond donors (Lipinski definition) is 1. The third-order valence-corrected chi connectivity index (χ3v) is 3.05. The average molecular weight is 170 g/mol. The summed E-state index contributed by atoms with van der Waals surface area (Å²) in [5.41, 5.74) is -1.13. The van der Waals surface area contributed by atoms with Crippen molar-refractivity contribution in [1.82, 2.24) is 0 Å². The number of hydrogen-bond acceptors (Lipinski definition) is 2. The van der Waals surface area contributed by atoms with Crippen molar-refractivity contribution in [3.8, 4) is 0 Å². The smallest absolute Gasteiger partial charge is 0.317 e. The van der Waals surface area contributed by atoms with Gasteiger partial charge in [-0.1, -0.05) is 6.92 Å². The van der Waals surface area contributed by atoms with Gasteiger partial charge in [-0.2, -0.15) is 0 Å². The number of rotatable bonds is 1. The number of carbonyl (C=O) groups is 2. The maximum Gasteiger partial charge on any atom is 0.317 e. The second-order valence-electron chi connectivity index (χ2n) is 3.72. The summed E-state index contributed by atoms with van der Waals surface area (Å²) in [5, 5.41) is 8.92. The van der Waals surface area contributed by atoms with E-state index in [1.165, 1.54) is 0 Å². The van der Waals surface area contributed by atoms with E-state index in [9.17, 15) is 9.59 Å². The lowest BCUT2D eigenvalue weighted by molar-refractivity contribution is -0.159. The molecule has 3 heteroatoms. The second-order valence-corrected chi connectivity index (χ2v) is 3.72. The predicted octanol–water partition coefficient (Wildman–Crippen LogP) is 1.47. The Balaban J connectivity index is 2.95. The van der Waals surface area contributed by atoms with E-state index in [4.69, 9.17) is 5.11 Å². The molecule has 0 spiro atoms. The van der Waals surface area contributed by atoms with E-state index < -0.39 is 11.4 Å². The van der Waals surface area contributed by atoms with Crippen LogP contribution in [0.3, 0.4) is 0 Å². The van der Waals surface area contributed by atoms with Crippen LogP contribution in [0.5, 0.6) is 0 Å². The Bertz CT molecular complexity index is 222. The third-order valence-electron chi connectivity index (χ3n) is 3.05. The zero-order valence-corrected chi connectivity index (χ0v) is 7.46. The van der Waals surface area contributed by atoms with Crippen LogP contribution in [0.4, 0.5) is 0 Å². The summed E-state index contributed by atoms with van der Waals surface area (Å²) in [6, 6.07) is 0. The van der Waals surface area contributed by atoms with Crippen molar-refractivity contribution in [2.24, 2.45) is 11.3 Å². The molecule has 12 heavy (non-hydrogen) atoms. The van der Waals surface area contributed by atoms with E-state index in [1.807, 2.05) is 6.92 Å². The highest BCUT2D eigenvalue weighted by atomic mass is 16.4. The topological polar surface area (TPSA) is 54.4 Å². The van der Waals surface area contributed by atoms with Crippen LogP contribution in [-0.2, 0) is 9.59 Å². The van der Waals surface area contributed by atoms with Gasteiger partial charge < -0.3 is 5.11 Å². The van der Waals surface area contributed by atoms with E-state index in [-0.39, 0.29) is 11.7 Å². The molecule has 2 atom stereocenters. The summed E-state index contributed by atoms with van der Waals surface area (Å²) in [6.07, 6.45) is 2.10. The zero-order valence-electron chi connectivity index (χ0n) is 7.46. The van der Waals surface area contributed by atoms with Gasteiger partial charge in [0.2, 0.25) is 0 Å². The summed E-state index contributed by atoms with van der Waals surface area (Å²) < 4.78 is 0. The van der Waals surface area contributed by atoms with Crippen LogP contribution in [0, 0.1) is 11.3 Å². The summed E-state index contributed by atoms with van der Waals surface area (Å²) in [4.78, 5) is 22.3. The zero-order chi connectivity index (χ0) is 9.35. The van der Waals surface area contributed by atoms with Crippen molar-refractivity contribution in [3.05, 3.63) is 0 Å². The fourth-order valence-electron chi connectivity index (χ4n) is 1.72. The minimum absolute atomic E-state index is 0.0313. The van der Waals surface area contributed by atoms with E-state index >= 15 is 0 Å². The van der Waals surface area contributed by atoms with E-state index in [0.29, 0.717) is 6.42 Å². The number of Topliss-reactive ketones (excluding diaryl/α,β-unsaturated/α-hetero) is 1. The molecule has 1 rings (SSSR count). The molecule has 0 aromatic rings. The van der Waals surface area contributed by atoms with Gasteiger partial charge in [-0.3, -0.25) is 9.59 Å². The van der Waals surface area contributed by atoms with Crippen LogP contribution < -0.4 is 0 Å². The number of carboxylic acids is 1. The number of aliphatic carboxylic acids is 1. The fourth-order valence-corrected chi connectivity index (χ4v) is 1.72. The van der Waals surface area contributed by atoms with Gasteiger partial charge >= 0.3 is 5.97 Å². The highest BCUT2D eigenvalue weighted by Crippen LogP contribution is 2.38. The molecular weight excluding hydrogens is 156 g/mol. The highest BCUT2D eigenvalue weighted by molar-refractivity contribution is 6.03. The van der Waals surface area contributed by atoms with E-state index in [1.54, 1.807) is 6.92 Å². The lowest BCUT2D eigenvalue weighted by atomic mass is 9.67. The molecule has 68 valence electrons. The maximum atomic E-state index is 11.4. The molecule has 0 radical (unpaired) electrons. The molecule has 3 nitrogen and oxygen atoms in total. The first-order chi connectivity index (χ1) is 5.49. The summed E-state index contributed by atoms with van der Waals surface area (Å²) in [5.74, 6) is -1.12. The van der Waals surface area contributed by atoms with Gasteiger partial charge in [0, 0.05) is 6.42 Å². The highest BCUT2D eigenvalue weighted by Gasteiger charge is 2.47. The standard InChI is InChI=1S/C9H14O3/c1-6-4-3-5-7(10)9(6,2)8(11)12/h6H,3-5H2,1-2H3,(H,11,12)/t6-,9-/m1/s1. The number of carboxylic acid groups (broad SMARTS) is 1. The van der Waals surface area contributed by atoms with Crippen molar-refractivity contribution in [1.29, 1.82) is 0 Å². The minimum Gasteiger partial charge on any atom is -0.480 e. The first kappa shape index (κ1) is 9.23. The van der Waals surface area contributed by atoms with Crippen LogP contribution in [0.15, 0.2) is 0 Å². The molecule has 0 amide bonds. The van der Waals surface area contributed by atoms with Gasteiger partial charge in [0.05, 0.1) is 0 Å². The molecule has 0 unspecified atom stereocenters. The van der Waals surface area contributed by atoms with Gasteiger partial charge in [-0.25, -0.2) is 0 Å². The first-order valence-electron chi connectivity index (χ1n) is 4.26. The van der Waals surface area contributed by atoms with Crippen LogP contribution in [0.2, 0.25) is 0 Å². The summed E-state index contributed by atoms with van der Waals surface area (Å²) >= 11 is 0. The second kappa shape index (κ2) is 2.88. The Morgan fingerprint density at radius 1 is 1.67 bits per heavy atom. The number of ketones is 1. The largest absolute Gasteiger partial charge is 0.480 e. The monoisotopic (exact) mass is 170 g/mol. The lowest BCUT2D eigenvalue weighted by Crippen LogP contribution is -2.44. The minimum atomic E-state index is -1.13. The Morgan fingerprint density at radius 2 is 2.25 bits per heavy atom. The van der Waals surface area contributed by atoms with Crippen molar-refractivity contribution in [2.75, 3.05) is 0 Å². The molecule has 1 aliphatic rings. The predicted molar refractivity (Wildman–Crippen MR) is 43.8 cm³/mol. The van der Waals surface area contributed by atoms with E-state index in [2.05, 4.69) is 0 Å². The summed E-state index contributed by atoms with van der Waals surface area (Å²) in [6.45, 7) is 3.38. The molecule has 0 aromatic heterocycles. The van der Waals surface area contributed by atoms with Crippen molar-refractivity contribution >= 4 is 11.8 Å². The fraction of sp³-hybridized carbons (Fsp3) is 0.778. The molecule has 1 aliphatic carbocycles. The van der Waals surface area contributed by atoms with Crippen molar-refractivity contribution in [3.63, 3.8) is 0 Å². The van der Waals surface area contributed by atoms with Crippen LogP contribution in [0.1, 0.15) is 33.1 Å². The lowest BCUT2D eigenvalue weighted by Gasteiger charge is -2.33. The van der Waals surface area contributed by atoms with Crippen molar-refractivity contribution in [2.45, 2.75) is 33.1 Å². The molecule has 1 saturated carbocycles. The molecular formula is C9H14O3. The Morgan fingerprint density at radius 3 is 2.58 bits per heavy atom. The van der Waals surface area contributed by atoms with Crippen LogP contribution >= 0.6 is 0 Å². The van der Waals surface area contributed by atoms with Crippen LogP contribution in [-0.4, -0.2) is 16.9 Å². The Labute approximate surface area is 71.8 Å². The number of carbonyl (C=O) groups excluding carboxylic acids is 1. The molecule has 1 N–H and O–H groups in total. The third kappa shape index (κ3) is 1.13. The molecule has 0 bridgehead atoms. The van der Waals surface area contributed by atoms with E-state index in [0.717, 1.165) is 12.8 Å². The average Bonchev–Trinajstić information content (AvgIpc) is 1.99. The van der Waals surface area contributed by atoms with Gasteiger partial charge in [0.1, 0.15) is 11.2 Å². The quantitative estimate of drug-likeness (QED) is 0.606. The molecule has 0 aliphatic heterocycles. The SMILES string of the molecule is C[C@@H]1CCCC(=O)[C@]1(C)C(=O)O. The van der Waals surface area contributed by atoms with Gasteiger partial charge in [-0.15, -0.1) is 0 Å². The van der Waals surface area contributed by atoms with Gasteiger partial charge in [-0.05, 0) is 25.7 Å². The normalized spacial score (nSPS) is 36.5. The van der Waals surface area contributed by atoms with Gasteiger partial charge in [0.15, 0.2) is 0 Å². The molecule has 1 fully saturated rings. The summed E-state index contributed by atoms with van der Waals surface area (Å²) in [7, 11) is 0. The van der Waals surface area contributed by atoms with Crippen molar-refractivity contribution < 1.29 is 14.7 Å². The van der Waals surface area contributed by atoms with Gasteiger partial charge in [0.25, 0.3) is 0 Å². The molecule has 0 saturated heterocycles. The molecule has 0 heterocycles. The first-order valence-corrected chi connectivity index (χ1v) is 4.26. The Hall–Kier alpha value is -0.860. The Kier molecular flexibility index (Phi) is 2.22. The van der Waals surface area contributed by atoms with Crippen LogP contribution in [0.25, 0.3) is 0 Å². The maximum absolute atomic E-state index is 11.4.